The molecule has 1 aliphatic rings. The molecule has 0 saturated carbocycles. The molecule has 2 heterocycles. The number of nitrogens with one attached hydrogen (secondary N) is 1. The van der Waals surface area contributed by atoms with Crippen LogP contribution in [0.3, 0.4) is 0 Å². The average Bonchev–Trinajstić information content (AvgIpc) is 2.95. The molecule has 6 heteroatoms. The summed E-state index contributed by atoms with van der Waals surface area (Å²) in [6.45, 7) is 5.22. The highest BCUT2D eigenvalue weighted by Crippen LogP contribution is 2.32. The van der Waals surface area contributed by atoms with E-state index in [0.29, 0.717) is 18.9 Å². The van der Waals surface area contributed by atoms with Crippen LogP contribution in [0.2, 0.25) is 0 Å². The van der Waals surface area contributed by atoms with Crippen LogP contribution in [0.1, 0.15) is 5.56 Å². The Labute approximate surface area is 143 Å². The number of benzene rings is 2. The smallest absolute Gasteiger partial charge is 0.208 e. The van der Waals surface area contributed by atoms with Crippen LogP contribution in [0, 0.1) is 0 Å². The van der Waals surface area contributed by atoms with Gasteiger partial charge in [-0.25, -0.2) is 0 Å². The first-order valence-electron chi connectivity index (χ1n) is 7.65. The molecule has 5 nitrogen and oxygen atoms in total. The molecule has 1 N–H and O–H groups in total. The second-order valence-electron chi connectivity index (χ2n) is 5.47. The van der Waals surface area contributed by atoms with Gasteiger partial charge in [0.2, 0.25) is 4.80 Å². The first-order valence-corrected chi connectivity index (χ1v) is 8.47. The second-order valence-corrected chi connectivity index (χ2v) is 6.48. The molecule has 0 bridgehead atoms. The number of aryl methyl sites for hydroxylation is 1. The van der Waals surface area contributed by atoms with Crippen molar-refractivity contribution in [3.63, 3.8) is 0 Å². The van der Waals surface area contributed by atoms with Crippen LogP contribution in [-0.4, -0.2) is 17.8 Å². The van der Waals surface area contributed by atoms with Gasteiger partial charge >= 0.3 is 0 Å². The molecule has 0 saturated heterocycles. The lowest BCUT2D eigenvalue weighted by molar-refractivity contribution is 0.171. The van der Waals surface area contributed by atoms with E-state index in [0.717, 1.165) is 27.4 Å². The summed E-state index contributed by atoms with van der Waals surface area (Å²) < 4.78 is 14.4. The number of fused-ring (bicyclic) bond motifs is 2. The fourth-order valence-electron chi connectivity index (χ4n) is 2.60. The molecule has 0 atom stereocenters. The number of aromatic nitrogens is 1. The van der Waals surface area contributed by atoms with Gasteiger partial charge in [-0.2, -0.15) is 0 Å². The Morgan fingerprint density at radius 1 is 1.17 bits per heavy atom. The summed E-state index contributed by atoms with van der Waals surface area (Å²) in [7, 11) is 2.01. The minimum absolute atomic E-state index is 0.568. The first-order chi connectivity index (χ1) is 11.7. The van der Waals surface area contributed by atoms with Gasteiger partial charge in [-0.05, 0) is 30.3 Å². The third kappa shape index (κ3) is 2.65. The van der Waals surface area contributed by atoms with Crippen LogP contribution in [0.4, 0.5) is 0 Å². The molecule has 0 unspecified atom stereocenters. The Bertz CT molecular complexity index is 987. The summed E-state index contributed by atoms with van der Waals surface area (Å²) in [5.41, 5.74) is 5.84. The molecule has 0 radical (unpaired) electrons. The minimum atomic E-state index is 0.568. The normalized spacial score (nSPS) is 14.0. The molecular formula is C18H17N3O2S. The fraction of sp³-hybridized carbons (Fsp3) is 0.167. The molecule has 2 aromatic carbocycles. The Kier molecular flexibility index (Phi) is 3.74. The monoisotopic (exact) mass is 339 g/mol. The lowest BCUT2D eigenvalue weighted by Gasteiger charge is -2.19. The van der Waals surface area contributed by atoms with E-state index < -0.39 is 0 Å². The van der Waals surface area contributed by atoms with Crippen LogP contribution in [0.5, 0.6) is 11.5 Å². The molecule has 0 aliphatic carbocycles. The van der Waals surface area contributed by atoms with Gasteiger partial charge in [0.05, 0.1) is 15.9 Å². The highest BCUT2D eigenvalue weighted by molar-refractivity contribution is 7.16. The van der Waals surface area contributed by atoms with Crippen molar-refractivity contribution >= 4 is 27.3 Å². The maximum atomic E-state index is 5.61. The van der Waals surface area contributed by atoms with Crippen molar-refractivity contribution in [2.75, 3.05) is 13.2 Å². The summed E-state index contributed by atoms with van der Waals surface area (Å²) in [6.07, 6.45) is 0. The van der Waals surface area contributed by atoms with Crippen molar-refractivity contribution in [3.8, 4) is 11.5 Å². The van der Waals surface area contributed by atoms with E-state index in [-0.39, 0.29) is 0 Å². The van der Waals surface area contributed by atoms with Crippen molar-refractivity contribution in [1.29, 1.82) is 0 Å². The largest absolute Gasteiger partial charge is 0.486 e. The summed E-state index contributed by atoms with van der Waals surface area (Å²) in [6, 6.07) is 14.0. The predicted octanol–water partition coefficient (Wildman–Crippen LogP) is 3.09. The molecule has 0 amide bonds. The van der Waals surface area contributed by atoms with Gasteiger partial charge in [-0.3, -0.25) is 5.43 Å². The lowest BCUT2D eigenvalue weighted by Crippen LogP contribution is -2.17. The Morgan fingerprint density at radius 3 is 2.79 bits per heavy atom. The molecule has 1 aliphatic heterocycles. The Morgan fingerprint density at radius 2 is 1.96 bits per heavy atom. The van der Waals surface area contributed by atoms with Crippen molar-refractivity contribution in [3.05, 3.63) is 59.4 Å². The number of nitrogens with zero attached hydrogens (tertiary/aromatic N) is 2. The molecule has 24 heavy (non-hydrogen) atoms. The van der Waals surface area contributed by atoms with E-state index in [2.05, 4.69) is 33.8 Å². The number of thiazole rings is 1. The quantitative estimate of drug-likeness (QED) is 0.746. The Balaban J connectivity index is 1.60. The molecule has 4 rings (SSSR count). The average molecular weight is 339 g/mol. The van der Waals surface area contributed by atoms with Gasteiger partial charge in [0.15, 0.2) is 11.5 Å². The van der Waals surface area contributed by atoms with Crippen LogP contribution in [0.25, 0.3) is 15.9 Å². The fourth-order valence-corrected chi connectivity index (χ4v) is 3.58. The van der Waals surface area contributed by atoms with Gasteiger partial charge in [0.25, 0.3) is 0 Å². The maximum Gasteiger partial charge on any atom is 0.208 e. The van der Waals surface area contributed by atoms with Gasteiger partial charge in [-0.15, -0.1) is 5.10 Å². The van der Waals surface area contributed by atoms with E-state index in [1.165, 1.54) is 4.70 Å². The number of ether oxygens (including phenoxy) is 2. The van der Waals surface area contributed by atoms with E-state index in [4.69, 9.17) is 9.47 Å². The number of para-hydroxylation sites is 1. The summed E-state index contributed by atoms with van der Waals surface area (Å²) in [4.78, 5) is 0.884. The highest BCUT2D eigenvalue weighted by atomic mass is 32.1. The third-order valence-electron chi connectivity index (χ3n) is 3.89. The summed E-state index contributed by atoms with van der Waals surface area (Å²) in [5, 5.41) is 4.49. The van der Waals surface area contributed by atoms with E-state index >= 15 is 0 Å². The standard InChI is InChI=1S/C18H17N3O2S/c1-12(13-7-8-15-16(11-13)23-10-9-22-15)19-20-18-21(2)14-5-3-4-6-17(14)24-18/h3-8,11,19H,1,9-10H2,2H3. The van der Waals surface area contributed by atoms with Gasteiger partial charge < -0.3 is 14.0 Å². The van der Waals surface area contributed by atoms with Gasteiger partial charge in [-0.1, -0.05) is 30.0 Å². The van der Waals surface area contributed by atoms with Gasteiger partial charge in [0, 0.05) is 12.6 Å². The van der Waals surface area contributed by atoms with E-state index in [1.54, 1.807) is 11.3 Å². The van der Waals surface area contributed by atoms with Gasteiger partial charge in [0.1, 0.15) is 13.2 Å². The minimum Gasteiger partial charge on any atom is -0.486 e. The second kappa shape index (κ2) is 6.05. The van der Waals surface area contributed by atoms with Crippen molar-refractivity contribution in [2.24, 2.45) is 12.1 Å². The van der Waals surface area contributed by atoms with Crippen molar-refractivity contribution < 1.29 is 9.47 Å². The number of hydrogen-bond acceptors (Lipinski definition) is 5. The predicted molar refractivity (Wildman–Crippen MR) is 96.0 cm³/mol. The summed E-state index contributed by atoms with van der Waals surface area (Å²) in [5.74, 6) is 1.51. The van der Waals surface area contributed by atoms with E-state index in [1.807, 2.05) is 37.4 Å². The zero-order valence-electron chi connectivity index (χ0n) is 13.3. The topological polar surface area (TPSA) is 47.8 Å². The number of hydrogen-bond donors (Lipinski definition) is 1. The summed E-state index contributed by atoms with van der Waals surface area (Å²) >= 11 is 1.63. The molecule has 122 valence electrons. The highest BCUT2D eigenvalue weighted by Gasteiger charge is 2.12. The maximum absolute atomic E-state index is 5.61. The molecular weight excluding hydrogens is 322 g/mol. The zero-order chi connectivity index (χ0) is 16.5. The molecule has 0 fully saturated rings. The lowest BCUT2D eigenvalue weighted by atomic mass is 10.1. The van der Waals surface area contributed by atoms with Crippen LogP contribution in [0.15, 0.2) is 54.1 Å². The molecule has 1 aromatic heterocycles. The number of rotatable bonds is 3. The van der Waals surface area contributed by atoms with Crippen LogP contribution < -0.4 is 19.7 Å². The Hall–Kier alpha value is -2.73. The first kappa shape index (κ1) is 14.8. The van der Waals surface area contributed by atoms with E-state index in [9.17, 15) is 0 Å². The molecule has 0 spiro atoms. The molecule has 3 aromatic rings. The third-order valence-corrected chi connectivity index (χ3v) is 5.00. The SMILES string of the molecule is C=C(NN=c1sc2ccccc2n1C)c1ccc2c(c1)OCCO2. The van der Waals surface area contributed by atoms with Crippen molar-refractivity contribution in [1.82, 2.24) is 9.99 Å². The van der Waals surface area contributed by atoms with Crippen LogP contribution >= 0.6 is 11.3 Å². The zero-order valence-corrected chi connectivity index (χ0v) is 14.1. The van der Waals surface area contributed by atoms with Crippen molar-refractivity contribution in [2.45, 2.75) is 0 Å². The van der Waals surface area contributed by atoms with Crippen LogP contribution in [-0.2, 0) is 7.05 Å².